The number of imidazole rings is 1. The number of aromatic amines is 2. The summed E-state index contributed by atoms with van der Waals surface area (Å²) in [6.07, 6.45) is 5.09. The van der Waals surface area contributed by atoms with Gasteiger partial charge in [-0.3, -0.25) is 4.79 Å². The molecular weight excluding hydrogens is 388 g/mol. The van der Waals surface area contributed by atoms with Crippen molar-refractivity contribution in [3.63, 3.8) is 0 Å². The van der Waals surface area contributed by atoms with Gasteiger partial charge in [0.05, 0.1) is 12.1 Å². The molecule has 1 amide bonds. The lowest BCUT2D eigenvalue weighted by atomic mass is 10.1. The summed E-state index contributed by atoms with van der Waals surface area (Å²) < 4.78 is 1.85. The van der Waals surface area contributed by atoms with Gasteiger partial charge in [0.15, 0.2) is 0 Å². The molecule has 0 fully saturated rings. The molecule has 5 nitrogen and oxygen atoms in total. The molecule has 7 heteroatoms. The quantitative estimate of drug-likeness (QED) is 0.634. The highest BCUT2D eigenvalue weighted by Crippen LogP contribution is 2.30. The number of nitrogens with one attached hydrogen (secondary N) is 3. The Morgan fingerprint density at radius 1 is 1.25 bits per heavy atom. The van der Waals surface area contributed by atoms with Crippen LogP contribution in [0.2, 0.25) is 0 Å². The van der Waals surface area contributed by atoms with Gasteiger partial charge in [0, 0.05) is 38.4 Å². The molecule has 2 heterocycles. The SMILES string of the molecule is O=C(NCc1ncc[nH]1)c1c[nH]c2cc(Br)c(Br)cc12. The summed E-state index contributed by atoms with van der Waals surface area (Å²) in [6, 6.07) is 3.85. The molecule has 102 valence electrons. The molecular formula is C13H10Br2N4O. The molecule has 0 saturated heterocycles. The molecule has 0 bridgehead atoms. The number of rotatable bonds is 3. The molecule has 0 radical (unpaired) electrons. The normalized spacial score (nSPS) is 10.9. The van der Waals surface area contributed by atoms with Gasteiger partial charge in [-0.05, 0) is 44.0 Å². The maximum Gasteiger partial charge on any atom is 0.253 e. The average molecular weight is 398 g/mol. The van der Waals surface area contributed by atoms with E-state index in [-0.39, 0.29) is 5.91 Å². The van der Waals surface area contributed by atoms with Crippen LogP contribution in [0.5, 0.6) is 0 Å². The molecule has 0 saturated carbocycles. The lowest BCUT2D eigenvalue weighted by Crippen LogP contribution is -2.23. The standard InChI is InChI=1S/C13H10Br2N4O/c14-9-3-7-8(5-18-11(7)4-10(9)15)13(20)19-6-12-16-1-2-17-12/h1-5,18H,6H2,(H,16,17)(H,19,20). The van der Waals surface area contributed by atoms with E-state index >= 15 is 0 Å². The first-order valence-electron chi connectivity index (χ1n) is 5.88. The van der Waals surface area contributed by atoms with Crippen LogP contribution in [0.3, 0.4) is 0 Å². The van der Waals surface area contributed by atoms with Gasteiger partial charge in [0.25, 0.3) is 5.91 Å². The first-order valence-corrected chi connectivity index (χ1v) is 7.46. The fourth-order valence-electron chi connectivity index (χ4n) is 1.96. The predicted molar refractivity (Wildman–Crippen MR) is 83.5 cm³/mol. The molecule has 2 aromatic heterocycles. The van der Waals surface area contributed by atoms with Crippen molar-refractivity contribution in [1.29, 1.82) is 0 Å². The van der Waals surface area contributed by atoms with Crippen molar-refractivity contribution in [3.8, 4) is 0 Å². The fraction of sp³-hybridized carbons (Fsp3) is 0.0769. The molecule has 20 heavy (non-hydrogen) atoms. The van der Waals surface area contributed by atoms with Crippen molar-refractivity contribution in [3.05, 3.63) is 51.1 Å². The third-order valence-electron chi connectivity index (χ3n) is 2.94. The Kier molecular flexibility index (Phi) is 3.62. The smallest absolute Gasteiger partial charge is 0.253 e. The minimum atomic E-state index is -0.137. The maximum atomic E-state index is 12.2. The van der Waals surface area contributed by atoms with E-state index < -0.39 is 0 Å². The Hall–Kier alpha value is -1.60. The molecule has 3 aromatic rings. The molecule has 0 unspecified atom stereocenters. The van der Waals surface area contributed by atoms with Crippen LogP contribution in [0, 0.1) is 0 Å². The zero-order chi connectivity index (χ0) is 14.1. The van der Waals surface area contributed by atoms with Gasteiger partial charge in [0.2, 0.25) is 0 Å². The second-order valence-corrected chi connectivity index (χ2v) is 5.94. The highest BCUT2D eigenvalue weighted by molar-refractivity contribution is 9.13. The van der Waals surface area contributed by atoms with Crippen LogP contribution in [0.25, 0.3) is 10.9 Å². The second-order valence-electron chi connectivity index (χ2n) is 4.23. The average Bonchev–Trinajstić information content (AvgIpc) is 3.06. The van der Waals surface area contributed by atoms with E-state index in [1.165, 1.54) is 0 Å². The Balaban J connectivity index is 1.86. The molecule has 0 aliphatic rings. The Morgan fingerprint density at radius 2 is 2.05 bits per heavy atom. The molecule has 3 N–H and O–H groups in total. The van der Waals surface area contributed by atoms with E-state index in [4.69, 9.17) is 0 Å². The number of carbonyl (C=O) groups excluding carboxylic acids is 1. The molecule has 0 aliphatic carbocycles. The number of halogens is 2. The predicted octanol–water partition coefficient (Wildman–Crippen LogP) is 3.35. The summed E-state index contributed by atoms with van der Waals surface area (Å²) in [5, 5.41) is 3.71. The number of nitrogens with zero attached hydrogens (tertiary/aromatic N) is 1. The van der Waals surface area contributed by atoms with E-state index in [0.717, 1.165) is 25.7 Å². The van der Waals surface area contributed by atoms with Crippen molar-refractivity contribution in [2.24, 2.45) is 0 Å². The maximum absolute atomic E-state index is 12.2. The van der Waals surface area contributed by atoms with Crippen molar-refractivity contribution < 1.29 is 4.79 Å². The van der Waals surface area contributed by atoms with Crippen molar-refractivity contribution >= 4 is 48.7 Å². The molecule has 0 aliphatic heterocycles. The number of hydrogen-bond donors (Lipinski definition) is 3. The van der Waals surface area contributed by atoms with Gasteiger partial charge < -0.3 is 15.3 Å². The largest absolute Gasteiger partial charge is 0.360 e. The number of amides is 1. The molecule has 3 rings (SSSR count). The van der Waals surface area contributed by atoms with Crippen LogP contribution in [0.15, 0.2) is 39.7 Å². The van der Waals surface area contributed by atoms with Crippen molar-refractivity contribution in [2.75, 3.05) is 0 Å². The van der Waals surface area contributed by atoms with E-state index in [1.807, 2.05) is 12.1 Å². The van der Waals surface area contributed by atoms with Crippen LogP contribution < -0.4 is 5.32 Å². The third kappa shape index (κ3) is 2.51. The molecule has 0 spiro atoms. The zero-order valence-electron chi connectivity index (χ0n) is 10.2. The highest BCUT2D eigenvalue weighted by Gasteiger charge is 2.13. The van der Waals surface area contributed by atoms with Crippen LogP contribution in [0.1, 0.15) is 16.2 Å². The summed E-state index contributed by atoms with van der Waals surface area (Å²) in [4.78, 5) is 22.3. The topological polar surface area (TPSA) is 73.6 Å². The Labute approximate surface area is 131 Å². The van der Waals surface area contributed by atoms with E-state index in [0.29, 0.717) is 12.1 Å². The second kappa shape index (κ2) is 5.41. The highest BCUT2D eigenvalue weighted by atomic mass is 79.9. The summed E-state index contributed by atoms with van der Waals surface area (Å²) >= 11 is 6.89. The number of hydrogen-bond acceptors (Lipinski definition) is 2. The molecule has 0 atom stereocenters. The van der Waals surface area contributed by atoms with Crippen molar-refractivity contribution in [1.82, 2.24) is 20.3 Å². The van der Waals surface area contributed by atoms with Crippen molar-refractivity contribution in [2.45, 2.75) is 6.54 Å². The zero-order valence-corrected chi connectivity index (χ0v) is 13.4. The summed E-state index contributed by atoms with van der Waals surface area (Å²) in [6.45, 7) is 0.371. The lowest BCUT2D eigenvalue weighted by Gasteiger charge is -2.03. The van der Waals surface area contributed by atoms with Gasteiger partial charge in [-0.25, -0.2) is 4.98 Å². The Morgan fingerprint density at radius 3 is 2.80 bits per heavy atom. The van der Waals surface area contributed by atoms with Crippen LogP contribution in [-0.4, -0.2) is 20.9 Å². The number of H-pyrrole nitrogens is 2. The third-order valence-corrected chi connectivity index (χ3v) is 4.78. The fourth-order valence-corrected chi connectivity index (χ4v) is 2.65. The first kappa shape index (κ1) is 13.4. The number of aromatic nitrogens is 3. The van der Waals surface area contributed by atoms with Gasteiger partial charge in [0.1, 0.15) is 5.82 Å². The van der Waals surface area contributed by atoms with Gasteiger partial charge in [-0.2, -0.15) is 0 Å². The minimum Gasteiger partial charge on any atom is -0.360 e. The summed E-state index contributed by atoms with van der Waals surface area (Å²) in [5.41, 5.74) is 1.52. The summed E-state index contributed by atoms with van der Waals surface area (Å²) in [5.74, 6) is 0.587. The lowest BCUT2D eigenvalue weighted by molar-refractivity contribution is 0.0951. The Bertz CT molecular complexity index is 764. The van der Waals surface area contributed by atoms with E-state index in [1.54, 1.807) is 18.6 Å². The summed E-state index contributed by atoms with van der Waals surface area (Å²) in [7, 11) is 0. The minimum absolute atomic E-state index is 0.137. The van der Waals surface area contributed by atoms with Gasteiger partial charge in [-0.15, -0.1) is 0 Å². The van der Waals surface area contributed by atoms with Crippen LogP contribution in [0.4, 0.5) is 0 Å². The molecule has 1 aromatic carbocycles. The first-order chi connectivity index (χ1) is 9.65. The number of carbonyl (C=O) groups is 1. The van der Waals surface area contributed by atoms with Crippen LogP contribution in [-0.2, 0) is 6.54 Å². The monoisotopic (exact) mass is 396 g/mol. The van der Waals surface area contributed by atoms with Gasteiger partial charge >= 0.3 is 0 Å². The number of benzene rings is 1. The van der Waals surface area contributed by atoms with E-state index in [9.17, 15) is 4.79 Å². The number of fused-ring (bicyclic) bond motifs is 1. The van der Waals surface area contributed by atoms with Gasteiger partial charge in [-0.1, -0.05) is 0 Å². The van der Waals surface area contributed by atoms with E-state index in [2.05, 4.69) is 52.1 Å². The van der Waals surface area contributed by atoms with Crippen LogP contribution >= 0.6 is 31.9 Å².